The molecule has 47 heavy (non-hydrogen) atoms. The van der Waals surface area contributed by atoms with Crippen LogP contribution < -0.4 is 0 Å². The van der Waals surface area contributed by atoms with E-state index in [0.717, 1.165) is 0 Å². The molecule has 0 bridgehead atoms. The molecule has 3 aliphatic carbocycles. The third kappa shape index (κ3) is 4.54. The van der Waals surface area contributed by atoms with E-state index in [-0.39, 0.29) is 16.2 Å². The molecule has 0 nitrogen and oxygen atoms in total. The van der Waals surface area contributed by atoms with E-state index >= 15 is 0 Å². The van der Waals surface area contributed by atoms with Gasteiger partial charge in [0.25, 0.3) is 0 Å². The van der Waals surface area contributed by atoms with Crippen molar-refractivity contribution in [2.24, 2.45) is 5.41 Å². The number of fused-ring (bicyclic) bond motifs is 8. The van der Waals surface area contributed by atoms with Gasteiger partial charge in [0.05, 0.1) is 0 Å². The summed E-state index contributed by atoms with van der Waals surface area (Å²) in [6.07, 6.45) is 9.42. The van der Waals surface area contributed by atoms with E-state index in [1.165, 1.54) is 74.9 Å². The van der Waals surface area contributed by atoms with Crippen LogP contribution in [0.3, 0.4) is 0 Å². The standard InChI is InChI=1S/C44H46.2CH3.Hf/c1-28-22-32(42(3,4)5)16-18-36(28)38-14-9-12-30-24-34(26-40(30)38)44(20-11-21-44)35-25-31-13-10-15-39(41(31)27-35)37-19-17-33(23-29(37)2)43(6,7)8;;;/h9-10,12-19,22-27H,11,20-21H2,1-8H3;2*1H3;. The Morgan fingerprint density at radius 3 is 1.34 bits per heavy atom. The van der Waals surface area contributed by atoms with E-state index in [2.05, 4.69) is 150 Å². The molecule has 1 saturated heterocycles. The van der Waals surface area contributed by atoms with Gasteiger partial charge in [-0.15, -0.1) is 0 Å². The summed E-state index contributed by atoms with van der Waals surface area (Å²) < 4.78 is 6.89. The van der Waals surface area contributed by atoms with Crippen LogP contribution in [0.25, 0.3) is 34.4 Å². The zero-order valence-corrected chi connectivity index (χ0v) is 34.0. The van der Waals surface area contributed by atoms with Crippen LogP contribution in [0.4, 0.5) is 0 Å². The SMILES string of the molecule is Cc1cc(C(C)(C)C)ccc1-c1cccc2c1C=C1[CH]2[Hf]([CH3])([CH3])[CH]2C(=Cc3c(-c4ccc(C(C)(C)C)cc4C)cccc32)C12CCC2. The molecule has 2 atom stereocenters. The van der Waals surface area contributed by atoms with Gasteiger partial charge < -0.3 is 0 Å². The van der Waals surface area contributed by atoms with Crippen LogP contribution in [0.15, 0.2) is 83.9 Å². The maximum atomic E-state index is 2.80. The molecule has 8 rings (SSSR count). The fraction of sp³-hybridized carbons (Fsp3) is 0.391. The van der Waals surface area contributed by atoms with Crippen LogP contribution in [0.5, 0.6) is 0 Å². The van der Waals surface area contributed by atoms with E-state index < -0.39 is 20.0 Å². The number of allylic oxidation sites excluding steroid dienone is 2. The normalized spacial score (nSPS) is 21.7. The van der Waals surface area contributed by atoms with Crippen molar-refractivity contribution >= 4 is 12.2 Å². The summed E-state index contributed by atoms with van der Waals surface area (Å²) in [5.41, 5.74) is 21.8. The van der Waals surface area contributed by atoms with Crippen molar-refractivity contribution in [1.29, 1.82) is 0 Å². The number of hydrogen-bond acceptors (Lipinski definition) is 0. The van der Waals surface area contributed by atoms with E-state index in [9.17, 15) is 0 Å². The molecule has 1 spiro atoms. The Hall–Kier alpha value is -2.77. The van der Waals surface area contributed by atoms with Gasteiger partial charge in [0.2, 0.25) is 0 Å². The summed E-state index contributed by atoms with van der Waals surface area (Å²) in [5, 5.41) is 0. The molecule has 2 fully saturated rings. The average Bonchev–Trinajstić information content (AvgIpc) is 3.56. The molecule has 1 heterocycles. The Labute approximate surface area is 288 Å². The van der Waals surface area contributed by atoms with Crippen LogP contribution in [0.1, 0.15) is 113 Å². The van der Waals surface area contributed by atoms with Crippen molar-refractivity contribution in [3.05, 3.63) is 128 Å². The first-order valence-electron chi connectivity index (χ1n) is 18.1. The van der Waals surface area contributed by atoms with E-state index in [1.807, 2.05) is 0 Å². The van der Waals surface area contributed by atoms with Gasteiger partial charge in [-0.3, -0.25) is 0 Å². The molecule has 2 unspecified atom stereocenters. The van der Waals surface area contributed by atoms with Crippen LogP contribution in [0, 0.1) is 19.3 Å². The number of rotatable bonds is 2. The predicted octanol–water partition coefficient (Wildman–Crippen LogP) is 13.2. The second-order valence-corrected chi connectivity index (χ2v) is 35.2. The summed E-state index contributed by atoms with van der Waals surface area (Å²) >= 11 is -3.08. The molecule has 1 saturated carbocycles. The molecule has 4 aromatic rings. The quantitative estimate of drug-likeness (QED) is 0.178. The van der Waals surface area contributed by atoms with E-state index in [0.29, 0.717) is 7.35 Å². The third-order valence-electron chi connectivity index (χ3n) is 12.7. The molecule has 0 aromatic heterocycles. The van der Waals surface area contributed by atoms with Crippen LogP contribution >= 0.6 is 0 Å². The van der Waals surface area contributed by atoms with E-state index in [1.54, 1.807) is 22.3 Å². The Balaban J connectivity index is 1.28. The van der Waals surface area contributed by atoms with Gasteiger partial charge in [-0.25, -0.2) is 0 Å². The molecule has 1 aliphatic heterocycles. The number of benzene rings is 4. The van der Waals surface area contributed by atoms with Crippen molar-refractivity contribution in [3.8, 4) is 22.3 Å². The predicted molar refractivity (Wildman–Crippen MR) is 200 cm³/mol. The first kappa shape index (κ1) is 31.5. The van der Waals surface area contributed by atoms with Crippen LogP contribution in [-0.2, 0) is 30.8 Å². The number of hydrogen-bond donors (Lipinski definition) is 0. The van der Waals surface area contributed by atoms with Crippen LogP contribution in [0.2, 0.25) is 9.36 Å². The van der Waals surface area contributed by atoms with Gasteiger partial charge in [-0.1, -0.05) is 0 Å². The van der Waals surface area contributed by atoms with Gasteiger partial charge in [0.1, 0.15) is 0 Å². The van der Waals surface area contributed by atoms with Crippen molar-refractivity contribution in [2.75, 3.05) is 0 Å². The topological polar surface area (TPSA) is 0 Å². The zero-order chi connectivity index (χ0) is 33.3. The molecule has 0 radical (unpaired) electrons. The monoisotopic (exact) mass is 784 g/mol. The second-order valence-electron chi connectivity index (χ2n) is 18.0. The minimum absolute atomic E-state index is 0.157. The molecular weight excluding hydrogens is 731 g/mol. The summed E-state index contributed by atoms with van der Waals surface area (Å²) in [5.74, 6) is 0. The Morgan fingerprint density at radius 1 is 0.574 bits per heavy atom. The molecule has 0 amide bonds. The van der Waals surface area contributed by atoms with Gasteiger partial charge in [-0.2, -0.15) is 0 Å². The first-order valence-corrected chi connectivity index (χ1v) is 29.4. The van der Waals surface area contributed by atoms with Crippen LogP contribution in [-0.4, -0.2) is 0 Å². The van der Waals surface area contributed by atoms with Gasteiger partial charge >= 0.3 is 290 Å². The summed E-state index contributed by atoms with van der Waals surface area (Å²) in [6.45, 7) is 18.6. The van der Waals surface area contributed by atoms with E-state index in [4.69, 9.17) is 0 Å². The molecule has 0 N–H and O–H groups in total. The van der Waals surface area contributed by atoms with Crippen molar-refractivity contribution in [3.63, 3.8) is 0 Å². The summed E-state index contributed by atoms with van der Waals surface area (Å²) in [6, 6.07) is 29.0. The Morgan fingerprint density at radius 2 is 1.00 bits per heavy atom. The Kier molecular flexibility index (Phi) is 6.95. The van der Waals surface area contributed by atoms with Crippen molar-refractivity contribution in [1.82, 2.24) is 0 Å². The fourth-order valence-electron chi connectivity index (χ4n) is 10.0. The van der Waals surface area contributed by atoms with Gasteiger partial charge in [0.15, 0.2) is 0 Å². The summed E-state index contributed by atoms with van der Waals surface area (Å²) in [7, 11) is 0. The second kappa shape index (κ2) is 10.4. The van der Waals surface area contributed by atoms with Gasteiger partial charge in [0, 0.05) is 0 Å². The zero-order valence-electron chi connectivity index (χ0n) is 30.4. The molecule has 4 aliphatic rings. The van der Waals surface area contributed by atoms with Crippen molar-refractivity contribution < 1.29 is 20.0 Å². The first-order chi connectivity index (χ1) is 22.1. The molecule has 1 heteroatoms. The minimum atomic E-state index is -3.08. The molecule has 4 aromatic carbocycles. The molecular formula is C46H52Hf. The Bertz CT molecular complexity index is 1890. The van der Waals surface area contributed by atoms with Gasteiger partial charge in [-0.05, 0) is 0 Å². The van der Waals surface area contributed by atoms with Crippen molar-refractivity contribution in [2.45, 2.75) is 102 Å². The average molecular weight is 783 g/mol. The third-order valence-corrected chi connectivity index (χ3v) is 27.9. The summed E-state index contributed by atoms with van der Waals surface area (Å²) in [4.78, 5) is 0. The maximum absolute atomic E-state index is 3.08. The molecule has 240 valence electrons. The fourth-order valence-corrected chi connectivity index (χ4v) is 27.1. The number of aryl methyl sites for hydroxylation is 2.